The Bertz CT molecular complexity index is 531. The first-order chi connectivity index (χ1) is 8.74. The summed E-state index contributed by atoms with van der Waals surface area (Å²) in [6.07, 6.45) is 2.16. The highest BCUT2D eigenvalue weighted by atomic mass is 16.1. The molecule has 96 valence electrons. The number of carbonyl (C=O) groups is 1. The van der Waals surface area contributed by atoms with E-state index in [1.807, 2.05) is 0 Å². The van der Waals surface area contributed by atoms with E-state index >= 15 is 0 Å². The lowest BCUT2D eigenvalue weighted by atomic mass is 10.0. The van der Waals surface area contributed by atoms with Gasteiger partial charge in [-0.15, -0.1) is 0 Å². The van der Waals surface area contributed by atoms with Crippen LogP contribution in [0.25, 0.3) is 11.0 Å². The van der Waals surface area contributed by atoms with Gasteiger partial charge in [0.15, 0.2) is 0 Å². The fourth-order valence-corrected chi connectivity index (χ4v) is 1.90. The van der Waals surface area contributed by atoms with Crippen LogP contribution in [0.3, 0.4) is 0 Å². The van der Waals surface area contributed by atoms with Gasteiger partial charge in [0.2, 0.25) is 0 Å². The number of aromatic nitrogens is 3. The average molecular weight is 246 g/mol. The molecule has 5 nitrogen and oxygen atoms in total. The normalized spacial score (nSPS) is 11.1. The molecule has 0 fully saturated rings. The van der Waals surface area contributed by atoms with Gasteiger partial charge in [0, 0.05) is 12.1 Å². The van der Waals surface area contributed by atoms with Gasteiger partial charge in [0.1, 0.15) is 11.0 Å². The topological polar surface area (TPSA) is 70.7 Å². The molecule has 1 aromatic heterocycles. The van der Waals surface area contributed by atoms with Crippen LogP contribution in [0, 0.1) is 5.92 Å². The summed E-state index contributed by atoms with van der Waals surface area (Å²) in [5.41, 5.74) is 2.11. The van der Waals surface area contributed by atoms with Gasteiger partial charge in [-0.3, -0.25) is 4.79 Å². The molecule has 18 heavy (non-hydrogen) atoms. The van der Waals surface area contributed by atoms with E-state index in [1.165, 1.54) is 0 Å². The van der Waals surface area contributed by atoms with Crippen molar-refractivity contribution in [1.82, 2.24) is 20.7 Å². The molecule has 0 unspecified atom stereocenters. The maximum absolute atomic E-state index is 12.0. The van der Waals surface area contributed by atoms with Gasteiger partial charge in [0.05, 0.1) is 0 Å². The van der Waals surface area contributed by atoms with E-state index in [2.05, 4.69) is 34.6 Å². The molecule has 5 heteroatoms. The highest BCUT2D eigenvalue weighted by Crippen LogP contribution is 2.11. The molecule has 0 aliphatic rings. The van der Waals surface area contributed by atoms with Gasteiger partial charge in [-0.25, -0.2) is 0 Å². The van der Waals surface area contributed by atoms with E-state index in [-0.39, 0.29) is 5.91 Å². The van der Waals surface area contributed by atoms with Crippen molar-refractivity contribution in [3.05, 3.63) is 23.8 Å². The molecule has 1 heterocycles. The quantitative estimate of drug-likeness (QED) is 0.849. The van der Waals surface area contributed by atoms with Crippen LogP contribution in [0.5, 0.6) is 0 Å². The Morgan fingerprint density at radius 3 is 2.72 bits per heavy atom. The summed E-state index contributed by atoms with van der Waals surface area (Å²) < 4.78 is 0. The predicted octanol–water partition coefficient (Wildman–Crippen LogP) is 2.12. The summed E-state index contributed by atoms with van der Waals surface area (Å²) in [5, 5.41) is 13.4. The fourth-order valence-electron chi connectivity index (χ4n) is 1.90. The molecule has 0 radical (unpaired) electrons. The number of nitrogens with zero attached hydrogens (tertiary/aromatic N) is 2. The Morgan fingerprint density at radius 2 is 2.00 bits per heavy atom. The molecule has 2 N–H and O–H groups in total. The largest absolute Gasteiger partial charge is 0.352 e. The summed E-state index contributed by atoms with van der Waals surface area (Å²) >= 11 is 0. The third-order valence-corrected chi connectivity index (χ3v) is 3.28. The molecule has 1 aromatic carbocycles. The van der Waals surface area contributed by atoms with E-state index in [9.17, 15) is 4.79 Å². The monoisotopic (exact) mass is 246 g/mol. The van der Waals surface area contributed by atoms with E-state index in [0.717, 1.165) is 24.9 Å². The maximum Gasteiger partial charge on any atom is 0.251 e. The number of fused-ring (bicyclic) bond motifs is 1. The number of rotatable bonds is 5. The van der Waals surface area contributed by atoms with Crippen molar-refractivity contribution in [3.63, 3.8) is 0 Å². The Balaban J connectivity index is 2.04. The summed E-state index contributed by atoms with van der Waals surface area (Å²) in [5.74, 6) is 0.497. The number of H-pyrrole nitrogens is 1. The van der Waals surface area contributed by atoms with Gasteiger partial charge >= 0.3 is 0 Å². The smallest absolute Gasteiger partial charge is 0.251 e. The number of aromatic amines is 1. The van der Waals surface area contributed by atoms with Crippen molar-refractivity contribution in [2.75, 3.05) is 6.54 Å². The summed E-state index contributed by atoms with van der Waals surface area (Å²) in [7, 11) is 0. The van der Waals surface area contributed by atoms with Crippen LogP contribution in [0.15, 0.2) is 18.2 Å². The van der Waals surface area contributed by atoms with Crippen molar-refractivity contribution in [2.45, 2.75) is 26.7 Å². The minimum absolute atomic E-state index is 0.0493. The first kappa shape index (κ1) is 12.5. The van der Waals surface area contributed by atoms with Crippen LogP contribution in [-0.2, 0) is 0 Å². The number of carbonyl (C=O) groups excluding carboxylic acids is 1. The van der Waals surface area contributed by atoms with Crippen molar-refractivity contribution in [2.24, 2.45) is 5.92 Å². The molecule has 0 bridgehead atoms. The number of nitrogens with one attached hydrogen (secondary N) is 2. The van der Waals surface area contributed by atoms with Gasteiger partial charge in [-0.05, 0) is 24.1 Å². The van der Waals surface area contributed by atoms with Gasteiger partial charge < -0.3 is 5.32 Å². The highest BCUT2D eigenvalue weighted by Gasteiger charge is 2.10. The summed E-state index contributed by atoms with van der Waals surface area (Å²) in [6, 6.07) is 5.32. The number of amides is 1. The fraction of sp³-hybridized carbons (Fsp3) is 0.462. The Kier molecular flexibility index (Phi) is 3.92. The Labute approximate surface area is 106 Å². The predicted molar refractivity (Wildman–Crippen MR) is 70.3 cm³/mol. The summed E-state index contributed by atoms with van der Waals surface area (Å²) in [4.78, 5) is 12.0. The molecule has 0 aliphatic carbocycles. The van der Waals surface area contributed by atoms with E-state index < -0.39 is 0 Å². The van der Waals surface area contributed by atoms with Crippen molar-refractivity contribution in [1.29, 1.82) is 0 Å². The first-order valence-corrected chi connectivity index (χ1v) is 6.33. The molecular formula is C13H18N4O. The highest BCUT2D eigenvalue weighted by molar-refractivity contribution is 5.97. The number of hydrogen-bond acceptors (Lipinski definition) is 3. The Morgan fingerprint density at radius 1 is 1.28 bits per heavy atom. The van der Waals surface area contributed by atoms with E-state index in [1.54, 1.807) is 18.2 Å². The molecular weight excluding hydrogens is 228 g/mol. The SMILES string of the molecule is CCC(CC)CNC(=O)c1ccc2n[nH]nc2c1. The van der Waals surface area contributed by atoms with Crippen LogP contribution in [0.1, 0.15) is 37.0 Å². The van der Waals surface area contributed by atoms with Gasteiger partial charge in [0.25, 0.3) is 5.91 Å². The lowest BCUT2D eigenvalue weighted by molar-refractivity contribution is 0.0946. The van der Waals surface area contributed by atoms with E-state index in [0.29, 0.717) is 17.0 Å². The van der Waals surface area contributed by atoms with Crippen molar-refractivity contribution >= 4 is 16.9 Å². The zero-order chi connectivity index (χ0) is 13.0. The first-order valence-electron chi connectivity index (χ1n) is 6.33. The second kappa shape index (κ2) is 5.62. The minimum atomic E-state index is -0.0493. The van der Waals surface area contributed by atoms with E-state index in [4.69, 9.17) is 0 Å². The molecule has 2 rings (SSSR count). The van der Waals surface area contributed by atoms with Crippen LogP contribution in [-0.4, -0.2) is 27.9 Å². The maximum atomic E-state index is 12.0. The van der Waals surface area contributed by atoms with Crippen LogP contribution < -0.4 is 5.32 Å². The molecule has 0 spiro atoms. The minimum Gasteiger partial charge on any atom is -0.352 e. The molecule has 1 amide bonds. The van der Waals surface area contributed by atoms with Gasteiger partial charge in [-0.1, -0.05) is 26.7 Å². The van der Waals surface area contributed by atoms with Crippen molar-refractivity contribution < 1.29 is 4.79 Å². The average Bonchev–Trinajstić information content (AvgIpc) is 2.86. The van der Waals surface area contributed by atoms with Crippen LogP contribution in [0.4, 0.5) is 0 Å². The third kappa shape index (κ3) is 2.67. The second-order valence-corrected chi connectivity index (χ2v) is 4.42. The van der Waals surface area contributed by atoms with Crippen LogP contribution >= 0.6 is 0 Å². The zero-order valence-corrected chi connectivity index (χ0v) is 10.7. The number of hydrogen-bond donors (Lipinski definition) is 2. The molecule has 0 saturated heterocycles. The standard InChI is InChI=1S/C13H18N4O/c1-3-9(4-2)8-14-13(18)10-5-6-11-12(7-10)16-17-15-11/h5-7,9H,3-4,8H2,1-2H3,(H,14,18)(H,15,16,17). The van der Waals surface area contributed by atoms with Crippen molar-refractivity contribution in [3.8, 4) is 0 Å². The second-order valence-electron chi connectivity index (χ2n) is 4.42. The zero-order valence-electron chi connectivity index (χ0n) is 10.7. The number of benzene rings is 1. The van der Waals surface area contributed by atoms with Crippen LogP contribution in [0.2, 0.25) is 0 Å². The summed E-state index contributed by atoms with van der Waals surface area (Å²) in [6.45, 7) is 5.01. The molecule has 2 aromatic rings. The molecule has 0 aliphatic heterocycles. The lowest BCUT2D eigenvalue weighted by Gasteiger charge is -2.13. The molecule has 0 saturated carbocycles. The van der Waals surface area contributed by atoms with Gasteiger partial charge in [-0.2, -0.15) is 15.4 Å². The molecule has 0 atom stereocenters. The Hall–Kier alpha value is -1.91. The lowest BCUT2D eigenvalue weighted by Crippen LogP contribution is -2.28. The third-order valence-electron chi connectivity index (χ3n) is 3.28.